The Balaban J connectivity index is 2.32. The van der Waals surface area contributed by atoms with Crippen molar-refractivity contribution in [3.05, 3.63) is 57.3 Å². The quantitative estimate of drug-likeness (QED) is 0.813. The summed E-state index contributed by atoms with van der Waals surface area (Å²) in [7, 11) is 0. The molecular weight excluding hydrogens is 250 g/mol. The van der Waals surface area contributed by atoms with E-state index in [0.717, 1.165) is 19.4 Å². The molecule has 1 atom stereocenters. The van der Waals surface area contributed by atoms with Crippen LogP contribution in [0.4, 0.5) is 0 Å². The van der Waals surface area contributed by atoms with Crippen molar-refractivity contribution in [2.45, 2.75) is 39.7 Å². The van der Waals surface area contributed by atoms with Crippen molar-refractivity contribution in [2.24, 2.45) is 0 Å². The summed E-state index contributed by atoms with van der Waals surface area (Å²) in [5, 5.41) is 3.61. The van der Waals surface area contributed by atoms with Crippen LogP contribution in [-0.2, 0) is 12.8 Å². The molecule has 1 N–H and O–H groups in total. The number of nitrogens with one attached hydrogen (secondary N) is 1. The summed E-state index contributed by atoms with van der Waals surface area (Å²) in [6, 6.07) is 13.8. The smallest absolute Gasteiger partial charge is 0.0671 e. The number of aryl methyl sites for hydroxylation is 2. The van der Waals surface area contributed by atoms with Crippen LogP contribution in [0.2, 0.25) is 0 Å². The van der Waals surface area contributed by atoms with Crippen LogP contribution in [-0.4, -0.2) is 6.54 Å². The van der Waals surface area contributed by atoms with Crippen molar-refractivity contribution in [3.8, 4) is 0 Å². The Bertz CT molecular complexity index is 515. The topological polar surface area (TPSA) is 12.0 Å². The summed E-state index contributed by atoms with van der Waals surface area (Å²) in [5.41, 5.74) is 2.79. The highest BCUT2D eigenvalue weighted by molar-refractivity contribution is 7.12. The van der Waals surface area contributed by atoms with E-state index in [1.54, 1.807) is 0 Å². The lowest BCUT2D eigenvalue weighted by molar-refractivity contribution is 0.639. The number of rotatable bonds is 6. The Morgan fingerprint density at radius 3 is 2.53 bits per heavy atom. The molecule has 0 saturated heterocycles. The lowest BCUT2D eigenvalue weighted by Crippen LogP contribution is -2.21. The average molecular weight is 273 g/mol. The van der Waals surface area contributed by atoms with Gasteiger partial charge in [0.25, 0.3) is 0 Å². The fraction of sp³-hybridized carbons (Fsp3) is 0.412. The van der Waals surface area contributed by atoms with Gasteiger partial charge in [0, 0.05) is 9.75 Å². The number of thiophene rings is 1. The fourth-order valence-electron chi connectivity index (χ4n) is 2.32. The summed E-state index contributed by atoms with van der Waals surface area (Å²) >= 11 is 1.93. The van der Waals surface area contributed by atoms with E-state index in [2.05, 4.69) is 62.5 Å². The molecule has 1 aromatic heterocycles. The first-order chi connectivity index (χ1) is 9.28. The van der Waals surface area contributed by atoms with Gasteiger partial charge in [0.05, 0.1) is 6.04 Å². The van der Waals surface area contributed by atoms with E-state index in [9.17, 15) is 0 Å². The minimum absolute atomic E-state index is 0.335. The van der Waals surface area contributed by atoms with E-state index in [1.165, 1.54) is 20.9 Å². The van der Waals surface area contributed by atoms with Crippen molar-refractivity contribution in [2.75, 3.05) is 6.54 Å². The largest absolute Gasteiger partial charge is 0.306 e. The van der Waals surface area contributed by atoms with Crippen LogP contribution in [0, 0.1) is 0 Å². The van der Waals surface area contributed by atoms with Gasteiger partial charge in [-0.3, -0.25) is 0 Å². The summed E-state index contributed by atoms with van der Waals surface area (Å²) < 4.78 is 0. The Morgan fingerprint density at radius 1 is 1.05 bits per heavy atom. The first kappa shape index (κ1) is 14.3. The lowest BCUT2D eigenvalue weighted by Gasteiger charge is -2.17. The van der Waals surface area contributed by atoms with Crippen molar-refractivity contribution in [1.29, 1.82) is 0 Å². The Morgan fingerprint density at radius 2 is 1.89 bits per heavy atom. The van der Waals surface area contributed by atoms with Crippen LogP contribution in [0.1, 0.15) is 47.7 Å². The van der Waals surface area contributed by atoms with Gasteiger partial charge in [0.2, 0.25) is 0 Å². The first-order valence-corrected chi connectivity index (χ1v) is 8.00. The molecule has 0 aliphatic carbocycles. The van der Waals surface area contributed by atoms with Crippen LogP contribution >= 0.6 is 11.3 Å². The highest BCUT2D eigenvalue weighted by Crippen LogP contribution is 2.29. The van der Waals surface area contributed by atoms with Crippen molar-refractivity contribution in [3.63, 3.8) is 0 Å². The SMILES string of the molecule is CCNC(c1cccc(CC)c1)c1ccc(CC)s1. The minimum Gasteiger partial charge on any atom is -0.306 e. The molecule has 1 aromatic carbocycles. The maximum absolute atomic E-state index is 3.61. The molecule has 0 radical (unpaired) electrons. The van der Waals surface area contributed by atoms with Crippen LogP contribution in [0.5, 0.6) is 0 Å². The standard InChI is InChI=1S/C17H23NS/c1-4-13-8-7-9-14(12-13)17(18-6-3)16-11-10-15(5-2)19-16/h7-12,17-18H,4-6H2,1-3H3. The Kier molecular flexibility index (Phi) is 5.17. The average Bonchev–Trinajstić information content (AvgIpc) is 2.93. The summed E-state index contributed by atoms with van der Waals surface area (Å²) in [6.07, 6.45) is 2.22. The van der Waals surface area contributed by atoms with Gasteiger partial charge in [0.15, 0.2) is 0 Å². The zero-order valence-electron chi connectivity index (χ0n) is 12.1. The summed E-state index contributed by atoms with van der Waals surface area (Å²) in [6.45, 7) is 7.59. The minimum atomic E-state index is 0.335. The predicted molar refractivity (Wildman–Crippen MR) is 85.0 cm³/mol. The molecule has 19 heavy (non-hydrogen) atoms. The maximum atomic E-state index is 3.61. The van der Waals surface area contributed by atoms with Crippen LogP contribution in [0.25, 0.3) is 0 Å². The summed E-state index contributed by atoms with van der Waals surface area (Å²) in [4.78, 5) is 2.89. The molecule has 1 nitrogen and oxygen atoms in total. The third kappa shape index (κ3) is 3.46. The van der Waals surface area contributed by atoms with Gasteiger partial charge >= 0.3 is 0 Å². The van der Waals surface area contributed by atoms with Crippen molar-refractivity contribution >= 4 is 11.3 Å². The highest BCUT2D eigenvalue weighted by Gasteiger charge is 2.15. The third-order valence-corrected chi connectivity index (χ3v) is 4.71. The second kappa shape index (κ2) is 6.88. The first-order valence-electron chi connectivity index (χ1n) is 7.19. The van der Waals surface area contributed by atoms with E-state index in [1.807, 2.05) is 11.3 Å². The second-order valence-corrected chi connectivity index (χ2v) is 5.95. The van der Waals surface area contributed by atoms with Gasteiger partial charge in [-0.1, -0.05) is 45.0 Å². The molecule has 1 heterocycles. The molecule has 102 valence electrons. The molecule has 2 heteroatoms. The van der Waals surface area contributed by atoms with Crippen LogP contribution in [0.15, 0.2) is 36.4 Å². The summed E-state index contributed by atoms with van der Waals surface area (Å²) in [5.74, 6) is 0. The molecule has 0 fully saturated rings. The molecule has 0 spiro atoms. The highest BCUT2D eigenvalue weighted by atomic mass is 32.1. The number of hydrogen-bond donors (Lipinski definition) is 1. The fourth-order valence-corrected chi connectivity index (χ4v) is 3.38. The van der Waals surface area contributed by atoms with Gasteiger partial charge in [-0.2, -0.15) is 0 Å². The molecule has 0 saturated carbocycles. The van der Waals surface area contributed by atoms with Gasteiger partial charge < -0.3 is 5.32 Å². The molecular formula is C17H23NS. The van der Waals surface area contributed by atoms with E-state index in [0.29, 0.717) is 6.04 Å². The zero-order valence-corrected chi connectivity index (χ0v) is 12.9. The molecule has 2 aromatic rings. The molecule has 0 amide bonds. The Hall–Kier alpha value is -1.12. The third-order valence-electron chi connectivity index (χ3n) is 3.42. The van der Waals surface area contributed by atoms with Crippen molar-refractivity contribution in [1.82, 2.24) is 5.32 Å². The van der Waals surface area contributed by atoms with Gasteiger partial charge in [-0.25, -0.2) is 0 Å². The maximum Gasteiger partial charge on any atom is 0.0671 e. The number of hydrogen-bond acceptors (Lipinski definition) is 2. The van der Waals surface area contributed by atoms with Crippen LogP contribution in [0.3, 0.4) is 0 Å². The van der Waals surface area contributed by atoms with E-state index in [4.69, 9.17) is 0 Å². The second-order valence-electron chi connectivity index (χ2n) is 4.75. The van der Waals surface area contributed by atoms with Gasteiger partial charge in [0.1, 0.15) is 0 Å². The molecule has 1 unspecified atom stereocenters. The van der Waals surface area contributed by atoms with Gasteiger partial charge in [-0.05, 0) is 42.6 Å². The molecule has 2 rings (SSSR count). The van der Waals surface area contributed by atoms with E-state index in [-0.39, 0.29) is 0 Å². The van der Waals surface area contributed by atoms with E-state index < -0.39 is 0 Å². The number of benzene rings is 1. The zero-order chi connectivity index (χ0) is 13.7. The van der Waals surface area contributed by atoms with E-state index >= 15 is 0 Å². The normalized spacial score (nSPS) is 12.6. The van der Waals surface area contributed by atoms with Crippen LogP contribution < -0.4 is 5.32 Å². The van der Waals surface area contributed by atoms with Gasteiger partial charge in [-0.15, -0.1) is 11.3 Å². The Labute approximate surface area is 120 Å². The van der Waals surface area contributed by atoms with Crippen molar-refractivity contribution < 1.29 is 0 Å². The molecule has 0 aliphatic rings. The monoisotopic (exact) mass is 273 g/mol. The molecule has 0 bridgehead atoms. The lowest BCUT2D eigenvalue weighted by atomic mass is 10.0. The molecule has 0 aliphatic heterocycles. The predicted octanol–water partition coefficient (Wildman–Crippen LogP) is 4.57.